The summed E-state index contributed by atoms with van der Waals surface area (Å²) in [7, 11) is 3.15. The van der Waals surface area contributed by atoms with Crippen LogP contribution in [0.5, 0.6) is 11.5 Å². The molecule has 0 N–H and O–H groups in total. The van der Waals surface area contributed by atoms with Crippen molar-refractivity contribution in [3.05, 3.63) is 17.7 Å². The lowest BCUT2D eigenvalue weighted by atomic mass is 10.2. The summed E-state index contributed by atoms with van der Waals surface area (Å²) in [6.07, 6.45) is 1.93. The lowest BCUT2D eigenvalue weighted by Gasteiger charge is -2.11. The third kappa shape index (κ3) is 1.94. The molecule has 1 aromatic carbocycles. The van der Waals surface area contributed by atoms with Crippen molar-refractivity contribution in [2.24, 2.45) is 0 Å². The van der Waals surface area contributed by atoms with Gasteiger partial charge in [0.05, 0.1) is 30.7 Å². The summed E-state index contributed by atoms with van der Waals surface area (Å²) in [4.78, 5) is 0.906. The van der Waals surface area contributed by atoms with Crippen LogP contribution >= 0.6 is 11.8 Å². The zero-order valence-electron chi connectivity index (χ0n) is 8.33. The number of hydrogen-bond acceptors (Lipinski definition) is 4. The van der Waals surface area contributed by atoms with E-state index in [4.69, 9.17) is 14.7 Å². The number of rotatable bonds is 3. The molecular weight excluding hydrogens is 198 g/mol. The highest BCUT2D eigenvalue weighted by atomic mass is 32.2. The molecule has 74 valence electrons. The van der Waals surface area contributed by atoms with E-state index in [1.807, 2.05) is 6.26 Å². The maximum Gasteiger partial charge on any atom is 0.174 e. The van der Waals surface area contributed by atoms with Gasteiger partial charge in [0.1, 0.15) is 0 Å². The summed E-state index contributed by atoms with van der Waals surface area (Å²) < 4.78 is 10.3. The summed E-state index contributed by atoms with van der Waals surface area (Å²) in [5.74, 6) is 1.27. The minimum absolute atomic E-state index is 0.576. The normalized spacial score (nSPS) is 9.29. The van der Waals surface area contributed by atoms with Crippen LogP contribution in [-0.2, 0) is 0 Å². The Hall–Kier alpha value is -1.34. The molecule has 0 aliphatic carbocycles. The van der Waals surface area contributed by atoms with Crippen LogP contribution in [0.1, 0.15) is 5.56 Å². The Balaban J connectivity index is 3.33. The Labute approximate surface area is 87.6 Å². The van der Waals surface area contributed by atoms with Crippen LogP contribution < -0.4 is 9.47 Å². The highest BCUT2D eigenvalue weighted by Gasteiger charge is 2.11. The SMILES string of the molecule is COc1cc(C#N)cc(SC)c1OC. The summed E-state index contributed by atoms with van der Waals surface area (Å²) in [6, 6.07) is 5.53. The summed E-state index contributed by atoms with van der Waals surface area (Å²) in [5.41, 5.74) is 0.576. The van der Waals surface area contributed by atoms with Gasteiger partial charge in [0.25, 0.3) is 0 Å². The quantitative estimate of drug-likeness (QED) is 0.716. The van der Waals surface area contributed by atoms with Crippen molar-refractivity contribution in [1.82, 2.24) is 0 Å². The molecule has 0 heterocycles. The number of nitrogens with zero attached hydrogens (tertiary/aromatic N) is 1. The molecular formula is C10H11NO2S. The molecule has 14 heavy (non-hydrogen) atoms. The van der Waals surface area contributed by atoms with Crippen molar-refractivity contribution >= 4 is 11.8 Å². The number of thioether (sulfide) groups is 1. The molecule has 0 atom stereocenters. The molecule has 0 radical (unpaired) electrons. The summed E-state index contributed by atoms with van der Waals surface area (Å²) in [5, 5.41) is 8.79. The molecule has 0 spiro atoms. The molecule has 0 unspecified atom stereocenters. The second kappa shape index (κ2) is 4.77. The highest BCUT2D eigenvalue weighted by molar-refractivity contribution is 7.98. The van der Waals surface area contributed by atoms with Crippen molar-refractivity contribution in [2.45, 2.75) is 4.90 Å². The predicted octanol–water partition coefficient (Wildman–Crippen LogP) is 2.30. The average Bonchev–Trinajstić information content (AvgIpc) is 2.26. The molecule has 4 heteroatoms. The predicted molar refractivity (Wildman–Crippen MR) is 56.0 cm³/mol. The maximum absolute atomic E-state index is 8.79. The lowest BCUT2D eigenvalue weighted by Crippen LogP contribution is -1.93. The molecule has 0 bridgehead atoms. The van der Waals surface area contributed by atoms with E-state index in [-0.39, 0.29) is 0 Å². The van der Waals surface area contributed by atoms with Crippen LogP contribution in [0.25, 0.3) is 0 Å². The smallest absolute Gasteiger partial charge is 0.174 e. The number of benzene rings is 1. The van der Waals surface area contributed by atoms with E-state index in [9.17, 15) is 0 Å². The summed E-state index contributed by atoms with van der Waals surface area (Å²) in [6.45, 7) is 0. The number of hydrogen-bond donors (Lipinski definition) is 0. The van der Waals surface area contributed by atoms with Gasteiger partial charge < -0.3 is 9.47 Å². The standard InChI is InChI=1S/C10H11NO2S/c1-12-8-4-7(6-11)5-9(14-3)10(8)13-2/h4-5H,1-3H3. The molecule has 1 rings (SSSR count). The average molecular weight is 209 g/mol. The first-order chi connectivity index (χ1) is 6.76. The maximum atomic E-state index is 8.79. The van der Waals surface area contributed by atoms with Gasteiger partial charge >= 0.3 is 0 Å². The first kappa shape index (κ1) is 10.7. The van der Waals surface area contributed by atoms with E-state index >= 15 is 0 Å². The molecule has 1 aromatic rings. The third-order valence-corrected chi connectivity index (χ3v) is 2.54. The van der Waals surface area contributed by atoms with Crippen molar-refractivity contribution < 1.29 is 9.47 Å². The Bertz CT molecular complexity index is 346. The van der Waals surface area contributed by atoms with E-state index < -0.39 is 0 Å². The Kier molecular flexibility index (Phi) is 3.66. The van der Waals surface area contributed by atoms with Crippen molar-refractivity contribution in [3.63, 3.8) is 0 Å². The van der Waals surface area contributed by atoms with Gasteiger partial charge in [-0.05, 0) is 12.3 Å². The van der Waals surface area contributed by atoms with Gasteiger partial charge in [-0.2, -0.15) is 5.26 Å². The van der Waals surface area contributed by atoms with Crippen molar-refractivity contribution in [3.8, 4) is 17.6 Å². The summed E-state index contributed by atoms with van der Waals surface area (Å²) >= 11 is 1.52. The number of ether oxygens (including phenoxy) is 2. The van der Waals surface area contributed by atoms with Gasteiger partial charge in [-0.3, -0.25) is 0 Å². The fourth-order valence-corrected chi connectivity index (χ4v) is 1.76. The van der Waals surface area contributed by atoms with E-state index in [0.29, 0.717) is 17.1 Å². The van der Waals surface area contributed by atoms with Gasteiger partial charge in [-0.15, -0.1) is 11.8 Å². The molecule has 0 saturated carbocycles. The molecule has 0 fully saturated rings. The fraction of sp³-hybridized carbons (Fsp3) is 0.300. The first-order valence-corrected chi connectivity index (χ1v) is 5.19. The number of nitriles is 1. The fourth-order valence-electron chi connectivity index (χ4n) is 1.15. The molecule has 0 aromatic heterocycles. The molecule has 0 saturated heterocycles. The Morgan fingerprint density at radius 1 is 1.29 bits per heavy atom. The van der Waals surface area contributed by atoms with E-state index in [2.05, 4.69) is 6.07 Å². The van der Waals surface area contributed by atoms with E-state index in [1.165, 1.54) is 11.8 Å². The van der Waals surface area contributed by atoms with Gasteiger partial charge in [-0.25, -0.2) is 0 Å². The van der Waals surface area contributed by atoms with Gasteiger partial charge in [0.2, 0.25) is 0 Å². The molecule has 0 aliphatic heterocycles. The van der Waals surface area contributed by atoms with Crippen LogP contribution in [0.3, 0.4) is 0 Å². The van der Waals surface area contributed by atoms with E-state index in [1.54, 1.807) is 26.4 Å². The monoisotopic (exact) mass is 209 g/mol. The van der Waals surface area contributed by atoms with Gasteiger partial charge in [0.15, 0.2) is 11.5 Å². The van der Waals surface area contributed by atoms with Gasteiger partial charge in [-0.1, -0.05) is 0 Å². The van der Waals surface area contributed by atoms with Crippen LogP contribution in [0.15, 0.2) is 17.0 Å². The lowest BCUT2D eigenvalue weighted by molar-refractivity contribution is 0.348. The highest BCUT2D eigenvalue weighted by Crippen LogP contribution is 2.37. The van der Waals surface area contributed by atoms with Crippen LogP contribution in [-0.4, -0.2) is 20.5 Å². The topological polar surface area (TPSA) is 42.2 Å². The number of methoxy groups -OCH3 is 2. The third-order valence-electron chi connectivity index (χ3n) is 1.79. The zero-order chi connectivity index (χ0) is 10.6. The minimum atomic E-state index is 0.576. The van der Waals surface area contributed by atoms with E-state index in [0.717, 1.165) is 4.90 Å². The molecule has 0 amide bonds. The van der Waals surface area contributed by atoms with Crippen molar-refractivity contribution in [1.29, 1.82) is 5.26 Å². The Morgan fingerprint density at radius 2 is 2.00 bits per heavy atom. The second-order valence-electron chi connectivity index (χ2n) is 2.53. The molecule has 3 nitrogen and oxygen atoms in total. The largest absolute Gasteiger partial charge is 0.493 e. The zero-order valence-corrected chi connectivity index (χ0v) is 9.14. The van der Waals surface area contributed by atoms with Crippen molar-refractivity contribution in [2.75, 3.05) is 20.5 Å². The van der Waals surface area contributed by atoms with Crippen LogP contribution in [0.4, 0.5) is 0 Å². The van der Waals surface area contributed by atoms with Gasteiger partial charge in [0, 0.05) is 6.07 Å². The van der Waals surface area contributed by atoms with Crippen LogP contribution in [0.2, 0.25) is 0 Å². The minimum Gasteiger partial charge on any atom is -0.493 e. The molecule has 0 aliphatic rings. The first-order valence-electron chi connectivity index (χ1n) is 3.97. The van der Waals surface area contributed by atoms with Crippen LogP contribution in [0, 0.1) is 11.3 Å². The Morgan fingerprint density at radius 3 is 2.43 bits per heavy atom. The second-order valence-corrected chi connectivity index (χ2v) is 3.37.